The number of hydrogen-bond donors (Lipinski definition) is 2. The van der Waals surface area contributed by atoms with E-state index < -0.39 is 5.91 Å². The Bertz CT molecular complexity index is 460. The van der Waals surface area contributed by atoms with Gasteiger partial charge in [0.2, 0.25) is 5.91 Å². The van der Waals surface area contributed by atoms with Crippen LogP contribution in [0.25, 0.3) is 0 Å². The zero-order valence-corrected chi connectivity index (χ0v) is 12.2. The first-order valence-corrected chi connectivity index (χ1v) is 7.38. The zero-order chi connectivity index (χ0) is 14.4. The van der Waals surface area contributed by atoms with Gasteiger partial charge in [-0.2, -0.15) is 0 Å². The molecule has 0 saturated carbocycles. The van der Waals surface area contributed by atoms with Crippen LogP contribution >= 0.6 is 0 Å². The fraction of sp³-hybridized carbons (Fsp3) is 0.562. The summed E-state index contributed by atoms with van der Waals surface area (Å²) in [6, 6.07) is 7.10. The number of ether oxygens (including phenoxy) is 1. The van der Waals surface area contributed by atoms with Gasteiger partial charge in [0.25, 0.3) is 0 Å². The maximum atomic E-state index is 10.5. The van der Waals surface area contributed by atoms with Crippen LogP contribution in [0, 0.1) is 0 Å². The lowest BCUT2D eigenvalue weighted by molar-refractivity contribution is -0.122. The van der Waals surface area contributed by atoms with Crippen molar-refractivity contribution in [2.75, 3.05) is 19.8 Å². The highest BCUT2D eigenvalue weighted by atomic mass is 16.5. The first kappa shape index (κ1) is 15.0. The highest BCUT2D eigenvalue weighted by Crippen LogP contribution is 2.24. The number of fused-ring (bicyclic) bond motifs is 1. The van der Waals surface area contributed by atoms with Crippen LogP contribution in [0.4, 0.5) is 0 Å². The van der Waals surface area contributed by atoms with Gasteiger partial charge in [-0.25, -0.2) is 0 Å². The number of benzene rings is 1. The SMILES string of the molecule is CC(NCCOCC(N)=O)c1ccc2c(c1)CCCC2. The summed E-state index contributed by atoms with van der Waals surface area (Å²) >= 11 is 0. The minimum atomic E-state index is -0.423. The smallest absolute Gasteiger partial charge is 0.243 e. The molecule has 1 amide bonds. The van der Waals surface area contributed by atoms with Gasteiger partial charge in [0.05, 0.1) is 6.61 Å². The van der Waals surface area contributed by atoms with Crippen LogP contribution in [0.1, 0.15) is 42.5 Å². The number of nitrogens with two attached hydrogens (primary N) is 1. The summed E-state index contributed by atoms with van der Waals surface area (Å²) in [5.41, 5.74) is 9.34. The summed E-state index contributed by atoms with van der Waals surface area (Å²) in [4.78, 5) is 10.5. The highest BCUT2D eigenvalue weighted by Gasteiger charge is 2.12. The van der Waals surface area contributed by atoms with Gasteiger partial charge < -0.3 is 15.8 Å². The molecule has 0 heterocycles. The third-order valence-corrected chi connectivity index (χ3v) is 3.81. The highest BCUT2D eigenvalue weighted by molar-refractivity contribution is 5.74. The number of aryl methyl sites for hydroxylation is 2. The average molecular weight is 276 g/mol. The summed E-state index contributed by atoms with van der Waals surface area (Å²) in [5.74, 6) is -0.423. The predicted molar refractivity (Wildman–Crippen MR) is 79.5 cm³/mol. The van der Waals surface area contributed by atoms with E-state index in [0.717, 1.165) is 0 Å². The van der Waals surface area contributed by atoms with E-state index in [1.807, 2.05) is 0 Å². The van der Waals surface area contributed by atoms with E-state index in [2.05, 4.69) is 30.4 Å². The Morgan fingerprint density at radius 3 is 2.85 bits per heavy atom. The number of amides is 1. The van der Waals surface area contributed by atoms with Crippen molar-refractivity contribution in [3.8, 4) is 0 Å². The van der Waals surface area contributed by atoms with E-state index in [-0.39, 0.29) is 6.61 Å². The lowest BCUT2D eigenvalue weighted by Gasteiger charge is -2.20. The van der Waals surface area contributed by atoms with Crippen molar-refractivity contribution in [1.82, 2.24) is 5.32 Å². The second-order valence-electron chi connectivity index (χ2n) is 5.43. The lowest BCUT2D eigenvalue weighted by Crippen LogP contribution is -2.26. The van der Waals surface area contributed by atoms with Crippen LogP contribution < -0.4 is 11.1 Å². The average Bonchev–Trinajstić information content (AvgIpc) is 2.46. The first-order chi connectivity index (χ1) is 9.66. The number of carbonyl (C=O) groups excluding carboxylic acids is 1. The molecule has 0 aliphatic heterocycles. The molecule has 4 nitrogen and oxygen atoms in total. The van der Waals surface area contributed by atoms with Gasteiger partial charge >= 0.3 is 0 Å². The number of rotatable bonds is 7. The van der Waals surface area contributed by atoms with E-state index in [1.54, 1.807) is 0 Å². The molecule has 0 radical (unpaired) electrons. The van der Waals surface area contributed by atoms with Crippen molar-refractivity contribution >= 4 is 5.91 Å². The fourth-order valence-electron chi connectivity index (χ4n) is 2.66. The summed E-state index contributed by atoms with van der Waals surface area (Å²) in [6.45, 7) is 3.36. The van der Waals surface area contributed by atoms with Crippen LogP contribution in [-0.4, -0.2) is 25.7 Å². The molecule has 1 unspecified atom stereocenters. The molecular formula is C16H24N2O2. The first-order valence-electron chi connectivity index (χ1n) is 7.38. The van der Waals surface area contributed by atoms with E-state index >= 15 is 0 Å². The molecule has 0 bridgehead atoms. The van der Waals surface area contributed by atoms with Gasteiger partial charge in [-0.3, -0.25) is 4.79 Å². The van der Waals surface area contributed by atoms with Crippen molar-refractivity contribution in [3.05, 3.63) is 34.9 Å². The molecule has 0 spiro atoms. The monoisotopic (exact) mass is 276 g/mol. The molecule has 0 aromatic heterocycles. The molecule has 110 valence electrons. The molecule has 1 aliphatic carbocycles. The summed E-state index contributed by atoms with van der Waals surface area (Å²) in [7, 11) is 0. The van der Waals surface area contributed by atoms with Crippen molar-refractivity contribution in [3.63, 3.8) is 0 Å². The molecular weight excluding hydrogens is 252 g/mol. The third-order valence-electron chi connectivity index (χ3n) is 3.81. The van der Waals surface area contributed by atoms with Crippen LogP contribution in [-0.2, 0) is 22.4 Å². The second kappa shape index (κ2) is 7.41. The van der Waals surface area contributed by atoms with E-state index in [1.165, 1.54) is 42.4 Å². The Kier molecular flexibility index (Phi) is 5.56. The Morgan fingerprint density at radius 2 is 2.10 bits per heavy atom. The summed E-state index contributed by atoms with van der Waals surface area (Å²) in [6.07, 6.45) is 5.05. The Morgan fingerprint density at radius 1 is 1.35 bits per heavy atom. The quantitative estimate of drug-likeness (QED) is 0.745. The summed E-state index contributed by atoms with van der Waals surface area (Å²) < 4.78 is 5.13. The molecule has 1 aromatic carbocycles. The Labute approximate surface area is 120 Å². The van der Waals surface area contributed by atoms with Gasteiger partial charge in [-0.05, 0) is 49.3 Å². The minimum Gasteiger partial charge on any atom is -0.370 e. The lowest BCUT2D eigenvalue weighted by atomic mass is 9.89. The molecule has 2 rings (SSSR count). The normalized spacial score (nSPS) is 15.7. The standard InChI is InChI=1S/C16H24N2O2/c1-12(18-8-9-20-11-16(17)19)14-7-6-13-4-2-3-5-15(13)10-14/h6-7,10,12,18H,2-5,8-9,11H2,1H3,(H2,17,19). The van der Waals surface area contributed by atoms with Gasteiger partial charge in [0.1, 0.15) is 6.61 Å². The largest absolute Gasteiger partial charge is 0.370 e. The maximum Gasteiger partial charge on any atom is 0.243 e. The van der Waals surface area contributed by atoms with Crippen molar-refractivity contribution in [2.45, 2.75) is 38.6 Å². The van der Waals surface area contributed by atoms with Gasteiger partial charge in [-0.1, -0.05) is 18.2 Å². The molecule has 1 atom stereocenters. The Balaban J connectivity index is 1.80. The van der Waals surface area contributed by atoms with Gasteiger partial charge in [0.15, 0.2) is 0 Å². The molecule has 1 aliphatic rings. The van der Waals surface area contributed by atoms with E-state index in [4.69, 9.17) is 10.5 Å². The molecule has 0 fully saturated rings. The second-order valence-corrected chi connectivity index (χ2v) is 5.43. The predicted octanol–water partition coefficient (Wildman–Crippen LogP) is 1.72. The van der Waals surface area contributed by atoms with Crippen molar-refractivity contribution in [1.29, 1.82) is 0 Å². The minimum absolute atomic E-state index is 0.00505. The van der Waals surface area contributed by atoms with Crippen molar-refractivity contribution < 1.29 is 9.53 Å². The fourth-order valence-corrected chi connectivity index (χ4v) is 2.66. The van der Waals surface area contributed by atoms with Gasteiger partial charge in [0, 0.05) is 12.6 Å². The third kappa shape index (κ3) is 4.32. The molecule has 0 saturated heterocycles. The van der Waals surface area contributed by atoms with E-state index in [9.17, 15) is 4.79 Å². The number of carbonyl (C=O) groups is 1. The van der Waals surface area contributed by atoms with Crippen LogP contribution in [0.15, 0.2) is 18.2 Å². The molecule has 4 heteroatoms. The van der Waals surface area contributed by atoms with Gasteiger partial charge in [-0.15, -0.1) is 0 Å². The number of nitrogens with one attached hydrogen (secondary N) is 1. The molecule has 20 heavy (non-hydrogen) atoms. The zero-order valence-electron chi connectivity index (χ0n) is 12.2. The maximum absolute atomic E-state index is 10.5. The van der Waals surface area contributed by atoms with Crippen LogP contribution in [0.3, 0.4) is 0 Å². The topological polar surface area (TPSA) is 64.3 Å². The summed E-state index contributed by atoms with van der Waals surface area (Å²) in [5, 5.41) is 3.40. The Hall–Kier alpha value is -1.39. The molecule has 1 aromatic rings. The number of primary amides is 1. The van der Waals surface area contributed by atoms with Crippen molar-refractivity contribution in [2.24, 2.45) is 5.73 Å². The van der Waals surface area contributed by atoms with Crippen LogP contribution in [0.5, 0.6) is 0 Å². The number of hydrogen-bond acceptors (Lipinski definition) is 3. The van der Waals surface area contributed by atoms with Crippen LogP contribution in [0.2, 0.25) is 0 Å². The molecule has 3 N–H and O–H groups in total. The van der Waals surface area contributed by atoms with E-state index in [0.29, 0.717) is 19.2 Å².